The van der Waals surface area contributed by atoms with E-state index in [4.69, 9.17) is 16.0 Å². The highest BCUT2D eigenvalue weighted by molar-refractivity contribution is 6.30. The Morgan fingerprint density at radius 1 is 1.00 bits per heavy atom. The number of ketones is 1. The summed E-state index contributed by atoms with van der Waals surface area (Å²) in [6.07, 6.45) is 1.37. The zero-order valence-corrected chi connectivity index (χ0v) is 14.8. The van der Waals surface area contributed by atoms with E-state index in [-0.39, 0.29) is 11.3 Å². The number of aliphatic hydroxyl groups excluding tert-OH is 1. The topological polar surface area (TPSA) is 70.8 Å². The normalized spacial score (nSPS) is 16.9. The van der Waals surface area contributed by atoms with Crippen molar-refractivity contribution in [2.24, 2.45) is 0 Å². The SMILES string of the molecule is O=C(C1=C(O)C(=O)N(c2ccccc2)C1c1ccc(Cl)cc1)c1ccco1. The highest BCUT2D eigenvalue weighted by Gasteiger charge is 2.45. The molecule has 27 heavy (non-hydrogen) atoms. The van der Waals surface area contributed by atoms with E-state index in [0.29, 0.717) is 16.3 Å². The zero-order valence-electron chi connectivity index (χ0n) is 14.0. The summed E-state index contributed by atoms with van der Waals surface area (Å²) < 4.78 is 5.19. The van der Waals surface area contributed by atoms with Crippen molar-refractivity contribution in [2.45, 2.75) is 6.04 Å². The van der Waals surface area contributed by atoms with E-state index in [1.165, 1.54) is 17.2 Å². The standard InChI is InChI=1S/C21H14ClNO4/c22-14-10-8-13(9-11-14)18-17(19(24)16-7-4-12-27-16)20(25)21(26)23(18)15-5-2-1-3-6-15/h1-12,18,25H. The highest BCUT2D eigenvalue weighted by atomic mass is 35.5. The van der Waals surface area contributed by atoms with Crippen LogP contribution in [0.1, 0.15) is 22.2 Å². The van der Waals surface area contributed by atoms with Gasteiger partial charge in [-0.2, -0.15) is 0 Å². The molecule has 1 aromatic heterocycles. The number of benzene rings is 2. The van der Waals surface area contributed by atoms with Gasteiger partial charge in [-0.05, 0) is 42.0 Å². The Kier molecular flexibility index (Phi) is 4.30. The average molecular weight is 380 g/mol. The number of carbonyl (C=O) groups excluding carboxylic acids is 2. The fraction of sp³-hybridized carbons (Fsp3) is 0.0476. The molecule has 0 fully saturated rings. The quantitative estimate of drug-likeness (QED) is 0.666. The van der Waals surface area contributed by atoms with Crippen molar-refractivity contribution in [1.82, 2.24) is 0 Å². The summed E-state index contributed by atoms with van der Waals surface area (Å²) in [6.45, 7) is 0. The molecule has 1 amide bonds. The first-order chi connectivity index (χ1) is 13.1. The van der Waals surface area contributed by atoms with E-state index in [9.17, 15) is 14.7 Å². The maximum Gasteiger partial charge on any atom is 0.294 e. The first-order valence-electron chi connectivity index (χ1n) is 8.23. The van der Waals surface area contributed by atoms with Crippen LogP contribution in [0, 0.1) is 0 Å². The zero-order chi connectivity index (χ0) is 19.0. The van der Waals surface area contributed by atoms with Crippen LogP contribution in [0.4, 0.5) is 5.69 Å². The van der Waals surface area contributed by atoms with Crippen molar-refractivity contribution >= 4 is 29.0 Å². The summed E-state index contributed by atoms with van der Waals surface area (Å²) in [5.74, 6) is -1.71. The highest BCUT2D eigenvalue weighted by Crippen LogP contribution is 2.42. The van der Waals surface area contributed by atoms with Crippen molar-refractivity contribution in [1.29, 1.82) is 0 Å². The van der Waals surface area contributed by atoms with E-state index in [2.05, 4.69) is 0 Å². The van der Waals surface area contributed by atoms with E-state index in [0.717, 1.165) is 0 Å². The number of hydrogen-bond donors (Lipinski definition) is 1. The van der Waals surface area contributed by atoms with Crippen LogP contribution < -0.4 is 4.90 Å². The molecular weight excluding hydrogens is 366 g/mol. The summed E-state index contributed by atoms with van der Waals surface area (Å²) in [5.41, 5.74) is 1.19. The molecule has 4 rings (SSSR count). The molecule has 1 unspecified atom stereocenters. The van der Waals surface area contributed by atoms with Crippen LogP contribution in [0.25, 0.3) is 0 Å². The van der Waals surface area contributed by atoms with Gasteiger partial charge in [0.1, 0.15) is 0 Å². The predicted octanol–water partition coefficient (Wildman–Crippen LogP) is 4.72. The van der Waals surface area contributed by atoms with Gasteiger partial charge in [0, 0.05) is 10.7 Å². The van der Waals surface area contributed by atoms with Gasteiger partial charge in [-0.3, -0.25) is 14.5 Å². The van der Waals surface area contributed by atoms with Crippen molar-refractivity contribution in [3.8, 4) is 0 Å². The number of hydrogen-bond acceptors (Lipinski definition) is 4. The molecule has 0 saturated carbocycles. The first kappa shape index (κ1) is 17.1. The number of aliphatic hydroxyl groups is 1. The largest absolute Gasteiger partial charge is 0.503 e. The maximum absolute atomic E-state index is 13.0. The van der Waals surface area contributed by atoms with E-state index in [1.807, 2.05) is 6.07 Å². The number of furan rings is 1. The van der Waals surface area contributed by atoms with Gasteiger partial charge in [0.25, 0.3) is 5.91 Å². The fourth-order valence-electron chi connectivity index (χ4n) is 3.19. The molecular formula is C21H14ClNO4. The van der Waals surface area contributed by atoms with Gasteiger partial charge in [-0.1, -0.05) is 41.9 Å². The molecule has 0 spiro atoms. The number of rotatable bonds is 4. The second-order valence-corrected chi connectivity index (χ2v) is 6.47. The Hall–Kier alpha value is -3.31. The third-order valence-corrected chi connectivity index (χ3v) is 4.67. The molecule has 1 N–H and O–H groups in total. The fourth-order valence-corrected chi connectivity index (χ4v) is 3.32. The maximum atomic E-state index is 13.0. The second kappa shape index (κ2) is 6.78. The molecule has 1 aliphatic heterocycles. The molecule has 0 bridgehead atoms. The van der Waals surface area contributed by atoms with Gasteiger partial charge in [-0.25, -0.2) is 0 Å². The first-order valence-corrected chi connectivity index (χ1v) is 8.61. The third-order valence-electron chi connectivity index (χ3n) is 4.42. The Morgan fingerprint density at radius 3 is 2.33 bits per heavy atom. The lowest BCUT2D eigenvalue weighted by Gasteiger charge is -2.26. The van der Waals surface area contributed by atoms with Gasteiger partial charge < -0.3 is 9.52 Å². The minimum Gasteiger partial charge on any atom is -0.503 e. The van der Waals surface area contributed by atoms with E-state index < -0.39 is 23.5 Å². The van der Waals surface area contributed by atoms with Crippen molar-refractivity contribution in [2.75, 3.05) is 4.90 Å². The van der Waals surface area contributed by atoms with Crippen molar-refractivity contribution < 1.29 is 19.1 Å². The van der Waals surface area contributed by atoms with Crippen LogP contribution in [0.15, 0.2) is 88.7 Å². The number of nitrogens with zero attached hydrogens (tertiary/aromatic N) is 1. The molecule has 2 aromatic carbocycles. The minimum absolute atomic E-state index is 0.0267. The van der Waals surface area contributed by atoms with Crippen molar-refractivity contribution in [3.63, 3.8) is 0 Å². The molecule has 1 aliphatic rings. The van der Waals surface area contributed by atoms with Crippen LogP contribution in [-0.4, -0.2) is 16.8 Å². The number of halogens is 1. The molecule has 1 atom stereocenters. The Balaban J connectivity index is 1.88. The number of carbonyl (C=O) groups is 2. The number of Topliss-reactive ketones (excluding diaryl/α,β-unsaturated/α-hetero) is 1. The lowest BCUT2D eigenvalue weighted by atomic mass is 9.95. The molecule has 134 valence electrons. The Bertz CT molecular complexity index is 1020. The number of anilines is 1. The Morgan fingerprint density at radius 2 is 1.70 bits per heavy atom. The molecule has 0 radical (unpaired) electrons. The van der Waals surface area contributed by atoms with Gasteiger partial charge >= 0.3 is 0 Å². The average Bonchev–Trinajstić information content (AvgIpc) is 3.31. The van der Waals surface area contributed by atoms with Crippen LogP contribution in [0.3, 0.4) is 0 Å². The molecule has 5 nitrogen and oxygen atoms in total. The van der Waals surface area contributed by atoms with Crippen LogP contribution in [-0.2, 0) is 4.79 Å². The predicted molar refractivity (Wildman–Crippen MR) is 101 cm³/mol. The second-order valence-electron chi connectivity index (χ2n) is 6.03. The van der Waals surface area contributed by atoms with Gasteiger partial charge in [0.15, 0.2) is 11.5 Å². The van der Waals surface area contributed by atoms with Crippen LogP contribution in [0.2, 0.25) is 5.02 Å². The molecule has 2 heterocycles. The summed E-state index contributed by atoms with van der Waals surface area (Å²) in [4.78, 5) is 27.2. The van der Waals surface area contributed by atoms with Gasteiger partial charge in [0.2, 0.25) is 5.78 Å². The summed E-state index contributed by atoms with van der Waals surface area (Å²) in [6, 6.07) is 18.0. The van der Waals surface area contributed by atoms with E-state index in [1.54, 1.807) is 54.6 Å². The van der Waals surface area contributed by atoms with Crippen molar-refractivity contribution in [3.05, 3.63) is 101 Å². The van der Waals surface area contributed by atoms with Gasteiger partial charge in [-0.15, -0.1) is 0 Å². The smallest absolute Gasteiger partial charge is 0.294 e. The molecule has 3 aromatic rings. The number of amides is 1. The Labute approximate surface area is 160 Å². The minimum atomic E-state index is -0.797. The van der Waals surface area contributed by atoms with E-state index >= 15 is 0 Å². The lowest BCUT2D eigenvalue weighted by Crippen LogP contribution is -2.30. The summed E-state index contributed by atoms with van der Waals surface area (Å²) in [5, 5.41) is 11.1. The summed E-state index contributed by atoms with van der Waals surface area (Å²) in [7, 11) is 0. The van der Waals surface area contributed by atoms with Gasteiger partial charge in [0.05, 0.1) is 17.9 Å². The molecule has 0 aliphatic carbocycles. The van der Waals surface area contributed by atoms with Crippen LogP contribution >= 0.6 is 11.6 Å². The molecule has 0 saturated heterocycles. The number of para-hydroxylation sites is 1. The van der Waals surface area contributed by atoms with Crippen LogP contribution in [0.5, 0.6) is 0 Å². The third kappa shape index (κ3) is 2.92. The molecule has 6 heteroatoms. The summed E-state index contributed by atoms with van der Waals surface area (Å²) >= 11 is 5.99. The lowest BCUT2D eigenvalue weighted by molar-refractivity contribution is -0.117. The monoisotopic (exact) mass is 379 g/mol.